The third-order valence-corrected chi connectivity index (χ3v) is 4.51. The van der Waals surface area contributed by atoms with E-state index in [1.54, 1.807) is 13.1 Å². The van der Waals surface area contributed by atoms with Crippen molar-refractivity contribution in [1.29, 1.82) is 0 Å². The van der Waals surface area contributed by atoms with Crippen LogP contribution in [0.15, 0.2) is 41.6 Å². The first-order chi connectivity index (χ1) is 11.3. The molecule has 8 nitrogen and oxygen atoms in total. The van der Waals surface area contributed by atoms with Gasteiger partial charge < -0.3 is 5.32 Å². The van der Waals surface area contributed by atoms with Crippen LogP contribution >= 0.6 is 0 Å². The van der Waals surface area contributed by atoms with Gasteiger partial charge in [0.25, 0.3) is 10.0 Å². The lowest BCUT2D eigenvalue weighted by Gasteiger charge is -2.15. The fourth-order valence-electron chi connectivity index (χ4n) is 2.17. The molecule has 1 aromatic carbocycles. The Kier molecular flexibility index (Phi) is 4.10. The van der Waals surface area contributed by atoms with Gasteiger partial charge in [-0.3, -0.25) is 9.40 Å². The van der Waals surface area contributed by atoms with Crippen molar-refractivity contribution in [3.8, 4) is 0 Å². The summed E-state index contributed by atoms with van der Waals surface area (Å²) in [4.78, 5) is 8.95. The van der Waals surface area contributed by atoms with Gasteiger partial charge in [-0.05, 0) is 26.0 Å². The number of nitrogens with one attached hydrogen (secondary N) is 2. The molecule has 2 heterocycles. The monoisotopic (exact) mass is 346 g/mol. The molecule has 3 aromatic rings. The maximum absolute atomic E-state index is 12.5. The van der Waals surface area contributed by atoms with Crippen molar-refractivity contribution in [3.05, 3.63) is 36.7 Å². The summed E-state index contributed by atoms with van der Waals surface area (Å²) in [7, 11) is -2.14. The van der Waals surface area contributed by atoms with Crippen LogP contribution in [0.2, 0.25) is 0 Å². The highest BCUT2D eigenvalue weighted by molar-refractivity contribution is 7.92. The molecule has 0 aliphatic rings. The maximum atomic E-state index is 12.5. The number of fused-ring (bicyclic) bond motifs is 1. The molecule has 0 saturated carbocycles. The third kappa shape index (κ3) is 3.30. The normalized spacial score (nSPS) is 11.8. The van der Waals surface area contributed by atoms with Crippen molar-refractivity contribution in [2.75, 3.05) is 10.0 Å². The summed E-state index contributed by atoms with van der Waals surface area (Å²) in [6.45, 7) is 3.88. The number of para-hydroxylation sites is 2. The second-order valence-electron chi connectivity index (χ2n) is 5.66. The van der Waals surface area contributed by atoms with Gasteiger partial charge in [0, 0.05) is 19.3 Å². The zero-order chi connectivity index (χ0) is 17.3. The van der Waals surface area contributed by atoms with Crippen LogP contribution in [0.5, 0.6) is 0 Å². The zero-order valence-corrected chi connectivity index (χ0v) is 14.4. The standard InChI is InChI=1S/C15H18N6O2S/c1-10(2)17-14-15(19-13-7-5-4-6-12(13)18-14)20-24(22,23)11-8-16-21(3)9-11/h4-10H,1-3H3,(H,17,18)(H,19,20). The molecule has 126 valence electrons. The van der Waals surface area contributed by atoms with Crippen molar-refractivity contribution < 1.29 is 8.42 Å². The smallest absolute Gasteiger partial charge is 0.266 e. The molecule has 0 bridgehead atoms. The second-order valence-corrected chi connectivity index (χ2v) is 7.35. The third-order valence-electron chi connectivity index (χ3n) is 3.22. The Bertz CT molecular complexity index is 981. The van der Waals surface area contributed by atoms with E-state index in [0.717, 1.165) is 0 Å². The lowest BCUT2D eigenvalue weighted by atomic mass is 10.3. The molecule has 0 fully saturated rings. The predicted molar refractivity (Wildman–Crippen MR) is 92.3 cm³/mol. The van der Waals surface area contributed by atoms with Gasteiger partial charge in [0.05, 0.1) is 17.2 Å². The van der Waals surface area contributed by atoms with Crippen LogP contribution in [0.4, 0.5) is 11.6 Å². The number of aryl methyl sites for hydroxylation is 1. The second kappa shape index (κ2) is 6.08. The van der Waals surface area contributed by atoms with Gasteiger partial charge in [0.2, 0.25) is 0 Å². The topological polar surface area (TPSA) is 102 Å². The number of hydrogen-bond acceptors (Lipinski definition) is 6. The van der Waals surface area contributed by atoms with Gasteiger partial charge in [0.15, 0.2) is 11.6 Å². The molecular weight excluding hydrogens is 328 g/mol. The van der Waals surface area contributed by atoms with E-state index in [0.29, 0.717) is 16.9 Å². The van der Waals surface area contributed by atoms with Crippen LogP contribution < -0.4 is 10.0 Å². The van der Waals surface area contributed by atoms with E-state index in [4.69, 9.17) is 0 Å². The van der Waals surface area contributed by atoms with Crippen LogP contribution in [0.25, 0.3) is 11.0 Å². The van der Waals surface area contributed by atoms with Crippen molar-refractivity contribution in [2.24, 2.45) is 7.05 Å². The Labute approximate surface area is 140 Å². The molecule has 0 saturated heterocycles. The van der Waals surface area contributed by atoms with Gasteiger partial charge in [0.1, 0.15) is 4.90 Å². The van der Waals surface area contributed by atoms with E-state index in [2.05, 4.69) is 25.1 Å². The van der Waals surface area contributed by atoms with E-state index in [1.165, 1.54) is 17.1 Å². The summed E-state index contributed by atoms with van der Waals surface area (Å²) in [5.41, 5.74) is 1.29. The van der Waals surface area contributed by atoms with Gasteiger partial charge in [-0.25, -0.2) is 18.4 Å². The molecule has 0 aliphatic carbocycles. The molecule has 0 unspecified atom stereocenters. The summed E-state index contributed by atoms with van der Waals surface area (Å²) in [5.74, 6) is 0.544. The lowest BCUT2D eigenvalue weighted by Crippen LogP contribution is -2.18. The number of sulfonamides is 1. The van der Waals surface area contributed by atoms with E-state index in [9.17, 15) is 8.42 Å². The van der Waals surface area contributed by atoms with Crippen molar-refractivity contribution in [2.45, 2.75) is 24.8 Å². The van der Waals surface area contributed by atoms with Crippen molar-refractivity contribution in [1.82, 2.24) is 19.7 Å². The van der Waals surface area contributed by atoms with Gasteiger partial charge in [-0.1, -0.05) is 12.1 Å². The molecule has 0 aliphatic heterocycles. The Balaban J connectivity index is 2.06. The van der Waals surface area contributed by atoms with Crippen LogP contribution in [0.3, 0.4) is 0 Å². The van der Waals surface area contributed by atoms with Gasteiger partial charge in [-0.15, -0.1) is 0 Å². The average molecular weight is 346 g/mol. The molecule has 2 aromatic heterocycles. The highest BCUT2D eigenvalue weighted by atomic mass is 32.2. The Morgan fingerprint density at radius 2 is 1.71 bits per heavy atom. The zero-order valence-electron chi connectivity index (χ0n) is 13.6. The predicted octanol–water partition coefficient (Wildman–Crippen LogP) is 1.98. The minimum Gasteiger partial charge on any atom is -0.365 e. The lowest BCUT2D eigenvalue weighted by molar-refractivity contribution is 0.601. The summed E-state index contributed by atoms with van der Waals surface area (Å²) in [6, 6.07) is 7.36. The fraction of sp³-hybridized carbons (Fsp3) is 0.267. The Morgan fingerprint density at radius 3 is 2.25 bits per heavy atom. The van der Waals surface area contributed by atoms with E-state index in [-0.39, 0.29) is 16.8 Å². The van der Waals surface area contributed by atoms with Crippen LogP contribution in [0.1, 0.15) is 13.8 Å². The summed E-state index contributed by atoms with van der Waals surface area (Å²) >= 11 is 0. The number of nitrogens with zero attached hydrogens (tertiary/aromatic N) is 4. The molecular formula is C15H18N6O2S. The Hall–Kier alpha value is -2.68. The number of anilines is 2. The van der Waals surface area contributed by atoms with Crippen molar-refractivity contribution in [3.63, 3.8) is 0 Å². The number of benzene rings is 1. The average Bonchev–Trinajstić information content (AvgIpc) is 2.94. The molecule has 2 N–H and O–H groups in total. The molecule has 24 heavy (non-hydrogen) atoms. The molecule has 0 amide bonds. The van der Waals surface area contributed by atoms with E-state index >= 15 is 0 Å². The molecule has 3 rings (SSSR count). The largest absolute Gasteiger partial charge is 0.365 e. The Morgan fingerprint density at radius 1 is 1.08 bits per heavy atom. The molecule has 0 spiro atoms. The highest BCUT2D eigenvalue weighted by Crippen LogP contribution is 2.24. The first kappa shape index (κ1) is 16.2. The first-order valence-corrected chi connectivity index (χ1v) is 8.88. The van der Waals surface area contributed by atoms with E-state index in [1.807, 2.05) is 32.0 Å². The van der Waals surface area contributed by atoms with Crippen LogP contribution in [-0.4, -0.2) is 34.2 Å². The van der Waals surface area contributed by atoms with Crippen molar-refractivity contribution >= 4 is 32.7 Å². The SMILES string of the molecule is CC(C)Nc1nc2ccccc2nc1NS(=O)(=O)c1cnn(C)c1. The highest BCUT2D eigenvalue weighted by Gasteiger charge is 2.20. The number of hydrogen-bond donors (Lipinski definition) is 2. The molecule has 0 radical (unpaired) electrons. The van der Waals surface area contributed by atoms with Crippen LogP contribution in [0, 0.1) is 0 Å². The summed E-state index contributed by atoms with van der Waals surface area (Å²) < 4.78 is 29.0. The maximum Gasteiger partial charge on any atom is 0.266 e. The minimum absolute atomic E-state index is 0.0652. The van der Waals surface area contributed by atoms with Gasteiger partial charge >= 0.3 is 0 Å². The quantitative estimate of drug-likeness (QED) is 0.732. The number of rotatable bonds is 5. The summed E-state index contributed by atoms with van der Waals surface area (Å²) in [6.07, 6.45) is 2.71. The van der Waals surface area contributed by atoms with Gasteiger partial charge in [-0.2, -0.15) is 5.10 Å². The summed E-state index contributed by atoms with van der Waals surface area (Å²) in [5, 5.41) is 7.01. The molecule has 9 heteroatoms. The molecule has 0 atom stereocenters. The number of aromatic nitrogens is 4. The minimum atomic E-state index is -3.80. The first-order valence-electron chi connectivity index (χ1n) is 7.40. The van der Waals surface area contributed by atoms with E-state index < -0.39 is 10.0 Å². The fourth-order valence-corrected chi connectivity index (χ4v) is 3.16. The van der Waals surface area contributed by atoms with Crippen LogP contribution in [-0.2, 0) is 17.1 Å².